The number of likely N-dealkylation sites (tertiary alicyclic amines) is 2. The first kappa shape index (κ1) is 58.0. The van der Waals surface area contributed by atoms with Crippen molar-refractivity contribution < 1.29 is 38.3 Å². The van der Waals surface area contributed by atoms with E-state index >= 15 is 0 Å². The quantitative estimate of drug-likeness (QED) is 0.0625. The first-order chi connectivity index (χ1) is 37.9. The van der Waals surface area contributed by atoms with Gasteiger partial charge < -0.3 is 51.8 Å². The fraction of sp³-hybridized carbons (Fsp3) is 0.500. The number of benzene rings is 4. The Morgan fingerprint density at radius 1 is 0.608 bits per heavy atom. The summed E-state index contributed by atoms with van der Waals surface area (Å²) < 4.78 is 6.16. The van der Waals surface area contributed by atoms with Crippen LogP contribution in [0.3, 0.4) is 0 Å². The fourth-order valence-electron chi connectivity index (χ4n) is 11.4. The third-order valence-electron chi connectivity index (χ3n) is 16.3. The maximum atomic E-state index is 14.6. The Balaban J connectivity index is 0.892. The molecule has 4 aromatic carbocycles. The summed E-state index contributed by atoms with van der Waals surface area (Å²) in [6.07, 6.45) is 7.92. The molecule has 7 N–H and O–H groups in total. The summed E-state index contributed by atoms with van der Waals surface area (Å²) in [5.74, 6) is -1.59. The van der Waals surface area contributed by atoms with Crippen molar-refractivity contribution in [3.8, 4) is 5.75 Å². The molecule has 17 nitrogen and oxygen atoms in total. The van der Waals surface area contributed by atoms with E-state index in [0.29, 0.717) is 24.3 Å². The Hall–Kier alpha value is -7.11. The van der Waals surface area contributed by atoms with Crippen LogP contribution in [0.25, 0.3) is 0 Å². The number of likely N-dealkylation sites (N-methyl/N-ethyl adjacent to an activating group) is 2. The highest BCUT2D eigenvalue weighted by Crippen LogP contribution is 2.33. The van der Waals surface area contributed by atoms with Crippen LogP contribution >= 0.6 is 0 Å². The number of piperidine rings is 1. The van der Waals surface area contributed by atoms with Gasteiger partial charge >= 0.3 is 0 Å². The first-order valence-corrected chi connectivity index (χ1v) is 28.4. The molecule has 422 valence electrons. The van der Waals surface area contributed by atoms with E-state index in [4.69, 9.17) is 4.74 Å². The van der Waals surface area contributed by atoms with Gasteiger partial charge in [0.2, 0.25) is 35.4 Å². The average molecular weight is 1080 g/mol. The zero-order chi connectivity index (χ0) is 56.4. The minimum atomic E-state index is -0.941. The lowest BCUT2D eigenvalue weighted by atomic mass is 9.85. The van der Waals surface area contributed by atoms with E-state index in [1.807, 2.05) is 87.5 Å². The standard InChI is InChI=1S/C62H81N9O8/c1-38(63-6)55(72)68-51(60(77)70-33-13-12-24-52(70)58(75)66-49-22-14-18-42-16-8-10-20-47(42)49)34-40-27-31-46(32-28-40)79-37-41-25-29-44(30-26-41)57(74)65-45-35-53(59(76)67-50-23-15-19-43-17-9-11-21-48(43)50)71(36-45)61(78)54(62(3,4)5)69-56(73)39(2)64-7/h8-11,16-17,20-21,25-32,38-39,45,49-54,63-64H,12-15,18-19,22-24,33-37H2,1-7H3,(H,65,74)(H,66,75)(H,67,76)(H,68,72)(H,69,73)/t38-,39-,45-,49+,50+,51-,52-,53-,54+/m0/s1. The summed E-state index contributed by atoms with van der Waals surface area (Å²) >= 11 is 0. The van der Waals surface area contributed by atoms with Gasteiger partial charge in [0, 0.05) is 31.1 Å². The number of hydrogen-bond acceptors (Lipinski definition) is 10. The highest BCUT2D eigenvalue weighted by atomic mass is 16.5. The first-order valence-electron chi connectivity index (χ1n) is 28.4. The van der Waals surface area contributed by atoms with Crippen molar-refractivity contribution in [3.05, 3.63) is 136 Å². The van der Waals surface area contributed by atoms with Crippen molar-refractivity contribution >= 4 is 41.4 Å². The van der Waals surface area contributed by atoms with Crippen molar-refractivity contribution in [1.29, 1.82) is 0 Å². The van der Waals surface area contributed by atoms with Gasteiger partial charge in [-0.25, -0.2) is 0 Å². The molecule has 0 bridgehead atoms. The summed E-state index contributed by atoms with van der Waals surface area (Å²) in [6.45, 7) is 9.76. The molecule has 17 heteroatoms. The lowest BCUT2D eigenvalue weighted by molar-refractivity contribution is -0.145. The van der Waals surface area contributed by atoms with Crippen LogP contribution in [0.2, 0.25) is 0 Å². The second kappa shape index (κ2) is 26.2. The van der Waals surface area contributed by atoms with Gasteiger partial charge in [-0.05, 0) is 155 Å². The molecule has 2 aliphatic heterocycles. The molecule has 0 unspecified atom stereocenters. The normalized spacial score (nSPS) is 21.4. The minimum absolute atomic E-state index is 0.0773. The molecule has 79 heavy (non-hydrogen) atoms. The predicted octanol–water partition coefficient (Wildman–Crippen LogP) is 5.51. The maximum Gasteiger partial charge on any atom is 0.251 e. The number of rotatable bonds is 19. The van der Waals surface area contributed by atoms with E-state index in [9.17, 15) is 33.6 Å². The molecule has 7 amide bonds. The Bertz CT molecular complexity index is 2820. The number of ether oxygens (including phenoxy) is 1. The summed E-state index contributed by atoms with van der Waals surface area (Å²) in [6, 6.07) is 25.3. The van der Waals surface area contributed by atoms with Crippen molar-refractivity contribution in [2.75, 3.05) is 27.2 Å². The Morgan fingerprint density at radius 3 is 1.75 bits per heavy atom. The van der Waals surface area contributed by atoms with Gasteiger partial charge in [-0.2, -0.15) is 0 Å². The molecule has 2 fully saturated rings. The Labute approximate surface area is 465 Å². The van der Waals surface area contributed by atoms with E-state index in [1.165, 1.54) is 16.0 Å². The summed E-state index contributed by atoms with van der Waals surface area (Å²) in [4.78, 5) is 101. The van der Waals surface area contributed by atoms with Crippen LogP contribution in [-0.4, -0.2) is 121 Å². The molecule has 0 saturated carbocycles. The van der Waals surface area contributed by atoms with E-state index in [2.05, 4.69) is 55.4 Å². The summed E-state index contributed by atoms with van der Waals surface area (Å²) in [7, 11) is 3.36. The average Bonchev–Trinajstić information content (AvgIpc) is 4.06. The van der Waals surface area contributed by atoms with Crippen LogP contribution in [0, 0.1) is 5.41 Å². The van der Waals surface area contributed by atoms with Crippen molar-refractivity contribution in [3.63, 3.8) is 0 Å². The molecule has 4 aliphatic rings. The molecule has 0 radical (unpaired) electrons. The van der Waals surface area contributed by atoms with Gasteiger partial charge in [0.1, 0.15) is 36.5 Å². The van der Waals surface area contributed by atoms with E-state index in [1.54, 1.807) is 45.0 Å². The van der Waals surface area contributed by atoms with Crippen molar-refractivity contribution in [2.24, 2.45) is 5.41 Å². The number of fused-ring (bicyclic) bond motifs is 2. The molecule has 8 rings (SSSR count). The third kappa shape index (κ3) is 14.4. The van der Waals surface area contributed by atoms with Crippen LogP contribution < -0.4 is 42.0 Å². The number of aryl methyl sites for hydroxylation is 2. The minimum Gasteiger partial charge on any atom is -0.489 e. The van der Waals surface area contributed by atoms with Crippen molar-refractivity contribution in [1.82, 2.24) is 47.0 Å². The smallest absolute Gasteiger partial charge is 0.251 e. The predicted molar refractivity (Wildman–Crippen MR) is 303 cm³/mol. The van der Waals surface area contributed by atoms with Crippen LogP contribution in [0.15, 0.2) is 97.1 Å². The number of amides is 7. The second-order valence-corrected chi connectivity index (χ2v) is 23.0. The molecular weight excluding hydrogens is 999 g/mol. The van der Waals surface area contributed by atoms with Crippen LogP contribution in [0.4, 0.5) is 0 Å². The fourth-order valence-corrected chi connectivity index (χ4v) is 11.4. The highest BCUT2D eigenvalue weighted by Gasteiger charge is 2.46. The number of carbonyl (C=O) groups is 7. The molecule has 2 aliphatic carbocycles. The van der Waals surface area contributed by atoms with Gasteiger partial charge in [0.25, 0.3) is 5.91 Å². The van der Waals surface area contributed by atoms with E-state index in [0.717, 1.165) is 73.6 Å². The lowest BCUT2D eigenvalue weighted by Gasteiger charge is -2.38. The van der Waals surface area contributed by atoms with Crippen LogP contribution in [0.5, 0.6) is 5.75 Å². The van der Waals surface area contributed by atoms with Crippen LogP contribution in [0.1, 0.15) is 142 Å². The van der Waals surface area contributed by atoms with Gasteiger partial charge in [-0.1, -0.05) is 93.6 Å². The SMILES string of the molecule is CN[C@@H](C)C(=O)N[C@@H](Cc1ccc(OCc2ccc(C(=O)N[C@H]3C[C@@H](C(=O)N[C@@H]4CCCc5ccccc54)N(C(=O)[C@@H](NC(=O)[C@H](C)NC)C(C)(C)C)C3)cc2)cc1)C(=O)N1CCCC[C@H]1C(=O)N[C@@H]1CCCc2ccccc21. The zero-order valence-corrected chi connectivity index (χ0v) is 47.0. The number of nitrogens with one attached hydrogen (secondary N) is 7. The van der Waals surface area contributed by atoms with Gasteiger partial charge in [0.05, 0.1) is 24.2 Å². The molecule has 2 heterocycles. The maximum absolute atomic E-state index is 14.6. The largest absolute Gasteiger partial charge is 0.489 e. The molecule has 0 aromatic heterocycles. The Morgan fingerprint density at radius 2 is 1.16 bits per heavy atom. The Kier molecular flexibility index (Phi) is 19.3. The molecule has 0 spiro atoms. The summed E-state index contributed by atoms with van der Waals surface area (Å²) in [5.41, 5.74) is 5.94. The summed E-state index contributed by atoms with van der Waals surface area (Å²) in [5, 5.41) is 21.4. The lowest BCUT2D eigenvalue weighted by Crippen LogP contribution is -2.59. The number of carbonyl (C=O) groups excluding carboxylic acids is 7. The highest BCUT2D eigenvalue weighted by molar-refractivity contribution is 5.97. The second-order valence-electron chi connectivity index (χ2n) is 23.0. The number of nitrogens with zero attached hydrogens (tertiary/aromatic N) is 2. The zero-order valence-electron chi connectivity index (χ0n) is 47.0. The van der Waals surface area contributed by atoms with E-state index < -0.39 is 53.6 Å². The molecule has 9 atom stereocenters. The molecule has 4 aromatic rings. The number of hydrogen-bond donors (Lipinski definition) is 7. The van der Waals surface area contributed by atoms with Crippen LogP contribution in [-0.2, 0) is 54.6 Å². The van der Waals surface area contributed by atoms with Gasteiger partial charge in [-0.15, -0.1) is 0 Å². The topological polar surface area (TPSA) is 219 Å². The third-order valence-corrected chi connectivity index (χ3v) is 16.3. The monoisotopic (exact) mass is 1080 g/mol. The van der Waals surface area contributed by atoms with Gasteiger partial charge in [-0.3, -0.25) is 33.6 Å². The van der Waals surface area contributed by atoms with E-state index in [-0.39, 0.29) is 73.5 Å². The van der Waals surface area contributed by atoms with Gasteiger partial charge in [0.15, 0.2) is 0 Å². The molecule has 2 saturated heterocycles. The van der Waals surface area contributed by atoms with Crippen molar-refractivity contribution in [2.45, 2.75) is 166 Å². The molecular formula is C62H81N9O8.